The number of methoxy groups -OCH3 is 1. The van der Waals surface area contributed by atoms with Crippen LogP contribution in [0.2, 0.25) is 10.0 Å². The second-order valence-corrected chi connectivity index (χ2v) is 16.0. The van der Waals surface area contributed by atoms with Crippen LogP contribution in [0.1, 0.15) is 48.8 Å². The Morgan fingerprint density at radius 2 is 1.60 bits per heavy atom. The molecule has 1 saturated carbocycles. The van der Waals surface area contributed by atoms with E-state index >= 15 is 0 Å². The van der Waals surface area contributed by atoms with E-state index in [9.17, 15) is 18.0 Å². The molecule has 0 heterocycles. The van der Waals surface area contributed by atoms with Crippen molar-refractivity contribution in [3.63, 3.8) is 0 Å². The zero-order valence-electron chi connectivity index (χ0n) is 27.9. The normalized spacial score (nSPS) is 14.1. The monoisotopic (exact) mass is 799 g/mol. The van der Waals surface area contributed by atoms with Gasteiger partial charge in [-0.15, -0.1) is 0 Å². The largest absolute Gasteiger partial charge is 0.496 e. The van der Waals surface area contributed by atoms with Gasteiger partial charge in [-0.1, -0.05) is 96.6 Å². The lowest BCUT2D eigenvalue weighted by Gasteiger charge is -2.35. The van der Waals surface area contributed by atoms with E-state index in [0.29, 0.717) is 31.5 Å². The van der Waals surface area contributed by atoms with Gasteiger partial charge in [-0.3, -0.25) is 13.9 Å². The van der Waals surface area contributed by atoms with Gasteiger partial charge < -0.3 is 15.0 Å². The lowest BCUT2D eigenvalue weighted by atomic mass is 9.94. The van der Waals surface area contributed by atoms with Gasteiger partial charge in [0.25, 0.3) is 10.0 Å². The number of aryl methyl sites for hydroxylation is 1. The Morgan fingerprint density at radius 3 is 2.24 bits per heavy atom. The summed E-state index contributed by atoms with van der Waals surface area (Å²) in [5, 5.41) is 3.87. The van der Waals surface area contributed by atoms with Crippen LogP contribution in [0.4, 0.5) is 5.69 Å². The molecule has 8 nitrogen and oxygen atoms in total. The van der Waals surface area contributed by atoms with Gasteiger partial charge in [0, 0.05) is 19.0 Å². The number of sulfonamides is 1. The Balaban J connectivity index is 1.58. The highest BCUT2D eigenvalue weighted by Crippen LogP contribution is 2.32. The fourth-order valence-corrected chi connectivity index (χ4v) is 8.56. The molecule has 1 aliphatic carbocycles. The van der Waals surface area contributed by atoms with Crippen LogP contribution >= 0.6 is 39.1 Å². The van der Waals surface area contributed by atoms with Crippen LogP contribution in [0.25, 0.3) is 0 Å². The first-order valence-electron chi connectivity index (χ1n) is 16.5. The molecule has 12 heteroatoms. The number of carbonyl (C=O) groups excluding carboxylic acids is 2. The Bertz CT molecular complexity index is 1910. The Labute approximate surface area is 312 Å². The molecule has 0 bridgehead atoms. The number of hydrogen-bond donors (Lipinski definition) is 1. The van der Waals surface area contributed by atoms with E-state index in [1.54, 1.807) is 48.5 Å². The van der Waals surface area contributed by atoms with Crippen molar-refractivity contribution in [2.24, 2.45) is 0 Å². The molecule has 1 N–H and O–H groups in total. The smallest absolute Gasteiger partial charge is 0.264 e. The van der Waals surface area contributed by atoms with Crippen molar-refractivity contribution in [1.82, 2.24) is 10.2 Å². The van der Waals surface area contributed by atoms with Gasteiger partial charge in [-0.2, -0.15) is 0 Å². The fraction of sp³-hybridized carbons (Fsp3) is 0.316. The number of ether oxygens (including phenoxy) is 1. The summed E-state index contributed by atoms with van der Waals surface area (Å²) in [4.78, 5) is 30.5. The van der Waals surface area contributed by atoms with E-state index in [-0.39, 0.29) is 29.8 Å². The van der Waals surface area contributed by atoms with Crippen LogP contribution in [0, 0.1) is 6.92 Å². The molecule has 5 rings (SSSR count). The summed E-state index contributed by atoms with van der Waals surface area (Å²) in [6.07, 6.45) is 5.10. The van der Waals surface area contributed by atoms with Crippen molar-refractivity contribution in [1.29, 1.82) is 0 Å². The maximum Gasteiger partial charge on any atom is 0.264 e. The fourth-order valence-electron chi connectivity index (χ4n) is 6.11. The lowest BCUT2D eigenvalue weighted by molar-refractivity contribution is -0.140. The summed E-state index contributed by atoms with van der Waals surface area (Å²) in [7, 11) is -2.80. The van der Waals surface area contributed by atoms with E-state index in [4.69, 9.17) is 27.9 Å². The van der Waals surface area contributed by atoms with Gasteiger partial charge in [0.1, 0.15) is 18.3 Å². The SMILES string of the molecule is COc1ccc(S(=O)(=O)N(CC(=O)N(Cc2ccc(Cl)c(Cl)c2)C(Cc2ccccc2)C(=O)NC2CCCCC2)c2ccc(C)cc2)cc1Br. The molecule has 0 radical (unpaired) electrons. The van der Waals surface area contributed by atoms with E-state index in [1.807, 2.05) is 37.3 Å². The number of hydrogen-bond acceptors (Lipinski definition) is 5. The zero-order valence-corrected chi connectivity index (χ0v) is 31.9. The lowest BCUT2D eigenvalue weighted by Crippen LogP contribution is -2.55. The third-order valence-electron chi connectivity index (χ3n) is 8.87. The molecule has 1 atom stereocenters. The third kappa shape index (κ3) is 9.40. The van der Waals surface area contributed by atoms with Gasteiger partial charge in [-0.25, -0.2) is 8.42 Å². The number of anilines is 1. The quantitative estimate of drug-likeness (QED) is 0.147. The zero-order chi connectivity index (χ0) is 35.8. The maximum absolute atomic E-state index is 14.8. The molecule has 2 amide bonds. The van der Waals surface area contributed by atoms with Crippen molar-refractivity contribution >= 4 is 66.7 Å². The second-order valence-electron chi connectivity index (χ2n) is 12.5. The van der Waals surface area contributed by atoms with Gasteiger partial charge in [0.15, 0.2) is 0 Å². The maximum atomic E-state index is 14.8. The summed E-state index contributed by atoms with van der Waals surface area (Å²) >= 11 is 16.0. The van der Waals surface area contributed by atoms with Gasteiger partial charge in [-0.05, 0) is 89.3 Å². The summed E-state index contributed by atoms with van der Waals surface area (Å²) in [5.41, 5.74) is 2.72. The predicted molar refractivity (Wildman–Crippen MR) is 202 cm³/mol. The number of benzene rings is 4. The standard InChI is InChI=1S/C38H40BrCl2N3O5S/c1-26-13-16-30(17-14-26)44(50(47,48)31-18-20-36(49-2)32(39)23-31)25-37(45)43(24-28-15-19-33(40)34(41)21-28)35(22-27-9-5-3-6-10-27)38(46)42-29-11-7-4-8-12-29/h3,5-6,9-10,13-21,23,29,35H,4,7-8,11-12,22,24-25H2,1-2H3,(H,42,46). The summed E-state index contributed by atoms with van der Waals surface area (Å²) in [5.74, 6) is -0.395. The minimum atomic E-state index is -4.29. The van der Waals surface area contributed by atoms with Gasteiger partial charge in [0.05, 0.1) is 32.2 Å². The van der Waals surface area contributed by atoms with Crippen LogP contribution in [0.3, 0.4) is 0 Å². The van der Waals surface area contributed by atoms with E-state index in [0.717, 1.165) is 47.5 Å². The molecule has 1 aliphatic rings. The minimum absolute atomic E-state index is 0.00518. The molecule has 0 spiro atoms. The summed E-state index contributed by atoms with van der Waals surface area (Å²) in [6, 6.07) is 24.9. The third-order valence-corrected chi connectivity index (χ3v) is 12.0. The predicted octanol–water partition coefficient (Wildman–Crippen LogP) is 8.36. The highest BCUT2D eigenvalue weighted by Gasteiger charge is 2.35. The molecule has 50 heavy (non-hydrogen) atoms. The number of nitrogens with zero attached hydrogens (tertiary/aromatic N) is 2. The van der Waals surface area contributed by atoms with Crippen LogP contribution in [0.15, 0.2) is 100 Å². The average molecular weight is 802 g/mol. The first-order chi connectivity index (χ1) is 24.0. The topological polar surface area (TPSA) is 96.0 Å². The van der Waals surface area contributed by atoms with Crippen LogP contribution in [-0.2, 0) is 32.6 Å². The van der Waals surface area contributed by atoms with Gasteiger partial charge >= 0.3 is 0 Å². The van der Waals surface area contributed by atoms with Crippen molar-refractivity contribution in [2.45, 2.75) is 69.0 Å². The van der Waals surface area contributed by atoms with Crippen LogP contribution in [-0.4, -0.2) is 50.9 Å². The molecule has 4 aromatic rings. The summed E-state index contributed by atoms with van der Waals surface area (Å²) in [6.45, 7) is 1.31. The summed E-state index contributed by atoms with van der Waals surface area (Å²) < 4.78 is 35.7. The molecule has 0 aliphatic heterocycles. The van der Waals surface area contributed by atoms with Crippen molar-refractivity contribution < 1.29 is 22.7 Å². The Hall–Kier alpha value is -3.57. The Morgan fingerprint density at radius 1 is 0.900 bits per heavy atom. The molecule has 4 aromatic carbocycles. The van der Waals surface area contributed by atoms with Crippen molar-refractivity contribution in [2.75, 3.05) is 18.0 Å². The molecule has 1 unspecified atom stereocenters. The highest BCUT2D eigenvalue weighted by molar-refractivity contribution is 9.10. The minimum Gasteiger partial charge on any atom is -0.496 e. The van der Waals surface area contributed by atoms with E-state index in [2.05, 4.69) is 21.2 Å². The Kier molecular flexibility index (Phi) is 12.9. The number of amides is 2. The number of halogens is 3. The van der Waals surface area contributed by atoms with E-state index in [1.165, 1.54) is 24.1 Å². The molecule has 0 saturated heterocycles. The first kappa shape index (κ1) is 37.7. The van der Waals surface area contributed by atoms with Crippen molar-refractivity contribution in [3.8, 4) is 5.75 Å². The van der Waals surface area contributed by atoms with Gasteiger partial charge in [0.2, 0.25) is 11.8 Å². The number of nitrogens with one attached hydrogen (secondary N) is 1. The number of carbonyl (C=O) groups is 2. The second kappa shape index (κ2) is 17.1. The average Bonchev–Trinajstić information content (AvgIpc) is 3.11. The first-order valence-corrected chi connectivity index (χ1v) is 19.5. The molecule has 264 valence electrons. The number of rotatable bonds is 13. The highest BCUT2D eigenvalue weighted by atomic mass is 79.9. The van der Waals surface area contributed by atoms with Crippen molar-refractivity contribution in [3.05, 3.63) is 122 Å². The van der Waals surface area contributed by atoms with Crippen LogP contribution < -0.4 is 14.4 Å². The molecular weight excluding hydrogens is 761 g/mol. The van der Waals surface area contributed by atoms with Crippen LogP contribution in [0.5, 0.6) is 5.75 Å². The molecule has 0 aromatic heterocycles. The molecule has 1 fully saturated rings. The van der Waals surface area contributed by atoms with E-state index < -0.39 is 28.5 Å². The molecular formula is C38H40BrCl2N3O5S.